The van der Waals surface area contributed by atoms with E-state index in [1.807, 2.05) is 0 Å². The van der Waals surface area contributed by atoms with Gasteiger partial charge in [-0.1, -0.05) is 66.8 Å². The van der Waals surface area contributed by atoms with Gasteiger partial charge in [0.2, 0.25) is 5.88 Å². The Morgan fingerprint density at radius 1 is 1.12 bits per heavy atom. The van der Waals surface area contributed by atoms with E-state index in [0.29, 0.717) is 16.7 Å². The number of fused-ring (bicyclic) bond motifs is 1. The van der Waals surface area contributed by atoms with E-state index in [1.165, 1.54) is 23.1 Å². The van der Waals surface area contributed by atoms with Crippen molar-refractivity contribution >= 4 is 11.3 Å². The summed E-state index contributed by atoms with van der Waals surface area (Å²) in [6.45, 7) is 2.39. The van der Waals surface area contributed by atoms with Crippen LogP contribution in [-0.2, 0) is 25.7 Å². The van der Waals surface area contributed by atoms with Crippen molar-refractivity contribution in [3.63, 3.8) is 0 Å². The number of aromatic amines is 1. The summed E-state index contributed by atoms with van der Waals surface area (Å²) in [5.74, 6) is 0.00755. The molecule has 0 bridgehead atoms. The van der Waals surface area contributed by atoms with Crippen LogP contribution in [0.3, 0.4) is 0 Å². The number of aromatic nitrogens is 1. The van der Waals surface area contributed by atoms with E-state index >= 15 is 0 Å². The van der Waals surface area contributed by atoms with Crippen LogP contribution in [0.25, 0.3) is 0 Å². The second-order valence-electron chi connectivity index (χ2n) is 7.72. The van der Waals surface area contributed by atoms with Crippen LogP contribution in [-0.4, -0.2) is 10.1 Å². The monoisotopic (exact) mass is 365 g/mol. The predicted molar refractivity (Wildman–Crippen MR) is 106 cm³/mol. The molecule has 0 spiro atoms. The third kappa shape index (κ3) is 3.61. The van der Waals surface area contributed by atoms with E-state index in [2.05, 4.69) is 60.4 Å². The minimum Gasteiger partial charge on any atom is -0.494 e. The molecule has 0 radical (unpaired) electrons. The molecule has 0 amide bonds. The third-order valence-electron chi connectivity index (χ3n) is 5.42. The zero-order valence-electron chi connectivity index (χ0n) is 14.9. The van der Waals surface area contributed by atoms with Crippen molar-refractivity contribution in [2.45, 2.75) is 39.0 Å². The lowest BCUT2D eigenvalue weighted by atomic mass is 9.69. The van der Waals surface area contributed by atoms with Crippen molar-refractivity contribution in [1.29, 1.82) is 0 Å². The fourth-order valence-electron chi connectivity index (χ4n) is 4.08. The van der Waals surface area contributed by atoms with Crippen molar-refractivity contribution in [2.75, 3.05) is 0 Å². The van der Waals surface area contributed by atoms with Crippen LogP contribution in [0.5, 0.6) is 5.88 Å². The van der Waals surface area contributed by atoms with Gasteiger partial charge in [-0.15, -0.1) is 0 Å². The Kier molecular flexibility index (Phi) is 4.45. The Bertz CT molecular complexity index is 973. The fraction of sp³-hybridized carbons (Fsp3) is 0.318. The molecular formula is C22H23NO2S. The second kappa shape index (κ2) is 6.76. The standard InChI is InChI=1S/C22H23NO2S/c1-22(13-15-5-3-2-4-6-15)10-9-17-11-16(7-8-18(17)14-22)12-19-20(24)23-21(25)26-19/h2-8,11,24H,9-10,12-14H2,1H3,(H,23,25). The molecule has 0 saturated carbocycles. The highest BCUT2D eigenvalue weighted by Gasteiger charge is 2.30. The van der Waals surface area contributed by atoms with Crippen molar-refractivity contribution in [3.05, 3.63) is 85.3 Å². The first kappa shape index (κ1) is 17.1. The molecule has 2 N–H and O–H groups in total. The molecule has 3 aromatic rings. The summed E-state index contributed by atoms with van der Waals surface area (Å²) in [7, 11) is 0. The van der Waals surface area contributed by atoms with Crippen LogP contribution in [0.4, 0.5) is 0 Å². The molecule has 1 aromatic heterocycles. The molecule has 0 aliphatic heterocycles. The van der Waals surface area contributed by atoms with Gasteiger partial charge in [-0.2, -0.15) is 0 Å². The molecule has 1 aliphatic rings. The van der Waals surface area contributed by atoms with Gasteiger partial charge in [0, 0.05) is 6.42 Å². The number of aromatic hydroxyl groups is 1. The van der Waals surface area contributed by atoms with Crippen LogP contribution in [0.15, 0.2) is 53.3 Å². The first-order valence-corrected chi connectivity index (χ1v) is 9.88. The number of hydrogen-bond donors (Lipinski definition) is 2. The summed E-state index contributed by atoms with van der Waals surface area (Å²) in [6.07, 6.45) is 5.08. The lowest BCUT2D eigenvalue weighted by molar-refractivity contribution is 0.276. The molecule has 26 heavy (non-hydrogen) atoms. The van der Waals surface area contributed by atoms with Crippen LogP contribution < -0.4 is 4.87 Å². The third-order valence-corrected chi connectivity index (χ3v) is 6.30. The van der Waals surface area contributed by atoms with Crippen LogP contribution >= 0.6 is 11.3 Å². The van der Waals surface area contributed by atoms with Gasteiger partial charge in [0.05, 0.1) is 4.88 Å². The average Bonchev–Trinajstić information content (AvgIpc) is 2.93. The lowest BCUT2D eigenvalue weighted by Crippen LogP contribution is -2.28. The average molecular weight is 365 g/mol. The molecule has 1 unspecified atom stereocenters. The summed E-state index contributed by atoms with van der Waals surface area (Å²) in [4.78, 5) is 14.3. The number of H-pyrrole nitrogens is 1. The molecule has 2 aromatic carbocycles. The largest absolute Gasteiger partial charge is 0.494 e. The smallest absolute Gasteiger partial charge is 0.307 e. The number of thiazole rings is 1. The van der Waals surface area contributed by atoms with Gasteiger partial charge in [-0.05, 0) is 53.4 Å². The van der Waals surface area contributed by atoms with Gasteiger partial charge in [0.25, 0.3) is 0 Å². The molecule has 0 saturated heterocycles. The first-order valence-electron chi connectivity index (χ1n) is 9.06. The van der Waals surface area contributed by atoms with Gasteiger partial charge in [-0.3, -0.25) is 9.78 Å². The number of nitrogens with one attached hydrogen (secondary N) is 1. The van der Waals surface area contributed by atoms with E-state index < -0.39 is 0 Å². The molecule has 4 rings (SSSR count). The summed E-state index contributed by atoms with van der Waals surface area (Å²) >= 11 is 1.09. The Balaban J connectivity index is 1.52. The van der Waals surface area contributed by atoms with Gasteiger partial charge < -0.3 is 5.11 Å². The van der Waals surface area contributed by atoms with Crippen molar-refractivity contribution in [1.82, 2.24) is 4.98 Å². The number of rotatable bonds is 4. The quantitative estimate of drug-likeness (QED) is 0.717. The Labute approximate surface area is 157 Å². The van der Waals surface area contributed by atoms with E-state index in [4.69, 9.17) is 0 Å². The Hall–Kier alpha value is -2.33. The normalized spacial score (nSPS) is 19.3. The van der Waals surface area contributed by atoms with E-state index in [0.717, 1.165) is 36.2 Å². The zero-order chi connectivity index (χ0) is 18.1. The van der Waals surface area contributed by atoms with Crippen molar-refractivity contribution in [2.24, 2.45) is 5.41 Å². The number of hydrogen-bond acceptors (Lipinski definition) is 3. The second-order valence-corrected chi connectivity index (χ2v) is 8.78. The van der Waals surface area contributed by atoms with Gasteiger partial charge in [-0.25, -0.2) is 0 Å². The minimum absolute atomic E-state index is 0.00755. The molecule has 1 heterocycles. The van der Waals surface area contributed by atoms with Crippen LogP contribution in [0, 0.1) is 5.41 Å². The molecule has 0 fully saturated rings. The zero-order valence-corrected chi connectivity index (χ0v) is 15.7. The molecule has 134 valence electrons. The minimum atomic E-state index is -0.202. The number of aryl methyl sites for hydroxylation is 1. The summed E-state index contributed by atoms with van der Waals surface area (Å²) in [5, 5.41) is 9.79. The summed E-state index contributed by atoms with van der Waals surface area (Å²) < 4.78 is 0. The Morgan fingerprint density at radius 3 is 2.65 bits per heavy atom. The number of benzene rings is 2. The van der Waals surface area contributed by atoms with Gasteiger partial charge >= 0.3 is 4.87 Å². The Morgan fingerprint density at radius 2 is 1.92 bits per heavy atom. The van der Waals surface area contributed by atoms with Crippen molar-refractivity contribution in [3.8, 4) is 5.88 Å². The fourth-order valence-corrected chi connectivity index (χ4v) is 4.83. The highest BCUT2D eigenvalue weighted by molar-refractivity contribution is 7.09. The first-order chi connectivity index (χ1) is 12.5. The molecule has 1 aliphatic carbocycles. The van der Waals surface area contributed by atoms with Crippen molar-refractivity contribution < 1.29 is 5.11 Å². The molecular weight excluding hydrogens is 342 g/mol. The maximum Gasteiger partial charge on any atom is 0.307 e. The predicted octanol–water partition coefficient (Wildman–Crippen LogP) is 4.47. The summed E-state index contributed by atoms with van der Waals surface area (Å²) in [5.41, 5.74) is 5.71. The summed E-state index contributed by atoms with van der Waals surface area (Å²) in [6, 6.07) is 17.4. The van der Waals surface area contributed by atoms with Crippen LogP contribution in [0.2, 0.25) is 0 Å². The highest BCUT2D eigenvalue weighted by Crippen LogP contribution is 2.38. The SMILES string of the molecule is CC1(Cc2ccccc2)CCc2cc(Cc3sc(=O)[nH]c3O)ccc2C1. The van der Waals surface area contributed by atoms with E-state index in [-0.39, 0.29) is 10.8 Å². The molecule has 4 heteroatoms. The van der Waals surface area contributed by atoms with Gasteiger partial charge in [0.15, 0.2) is 0 Å². The highest BCUT2D eigenvalue weighted by atomic mass is 32.1. The topological polar surface area (TPSA) is 53.1 Å². The maximum absolute atomic E-state index is 11.4. The molecule has 3 nitrogen and oxygen atoms in total. The van der Waals surface area contributed by atoms with Crippen LogP contribution in [0.1, 0.15) is 40.5 Å². The van der Waals surface area contributed by atoms with Gasteiger partial charge in [0.1, 0.15) is 0 Å². The lowest BCUT2D eigenvalue weighted by Gasteiger charge is -2.35. The maximum atomic E-state index is 11.4. The van der Waals surface area contributed by atoms with E-state index in [9.17, 15) is 9.90 Å². The van der Waals surface area contributed by atoms with E-state index in [1.54, 1.807) is 0 Å². The molecule has 1 atom stereocenters.